The second kappa shape index (κ2) is 8.30. The van der Waals surface area contributed by atoms with E-state index in [0.717, 1.165) is 17.5 Å². The Balaban J connectivity index is 2.13. The van der Waals surface area contributed by atoms with Gasteiger partial charge in [0, 0.05) is 16.3 Å². The Morgan fingerprint density at radius 3 is 2.06 bits per heavy atom. The van der Waals surface area contributed by atoms with Crippen LogP contribution in [-0.4, -0.2) is 25.2 Å². The van der Waals surface area contributed by atoms with Crippen LogP contribution >= 0.6 is 0 Å². The van der Waals surface area contributed by atoms with Gasteiger partial charge in [-0.15, -0.1) is 0 Å². The van der Waals surface area contributed by atoms with E-state index in [4.69, 9.17) is 29.8 Å². The minimum Gasteiger partial charge on any atom is -0.462 e. The Hall–Kier alpha value is -3.94. The predicted octanol–water partition coefficient (Wildman–Crippen LogP) is 4.93. The molecule has 0 aliphatic carbocycles. The van der Waals surface area contributed by atoms with Crippen molar-refractivity contribution < 1.29 is 27.9 Å². The maximum absolute atomic E-state index is 12.7. The first kappa shape index (κ1) is 21.3. The van der Waals surface area contributed by atoms with E-state index in [1.54, 1.807) is 19.9 Å². The number of rotatable bonds is 6. The van der Waals surface area contributed by atoms with Gasteiger partial charge in [-0.25, -0.2) is 9.59 Å². The van der Waals surface area contributed by atoms with Gasteiger partial charge in [0.25, 0.3) is 0 Å². The SMILES string of the molecule is CCOC(=O)c1c(N)oc2c(-c3ccc(CC)cc3)c3c(C(=O)OCC)c(N)oc3cc12. The monoisotopic (exact) mass is 436 g/mol. The van der Waals surface area contributed by atoms with E-state index < -0.39 is 11.9 Å². The van der Waals surface area contributed by atoms with Crippen LogP contribution in [0.5, 0.6) is 0 Å². The molecule has 8 nitrogen and oxygen atoms in total. The van der Waals surface area contributed by atoms with Gasteiger partial charge in [-0.05, 0) is 37.5 Å². The molecule has 0 unspecified atom stereocenters. The average Bonchev–Trinajstić information content (AvgIpc) is 3.27. The number of nitrogens with two attached hydrogens (primary N) is 2. The molecule has 2 heterocycles. The molecule has 0 atom stereocenters. The van der Waals surface area contributed by atoms with Crippen molar-refractivity contribution >= 4 is 45.6 Å². The highest BCUT2D eigenvalue weighted by Gasteiger charge is 2.30. The molecule has 0 aliphatic heterocycles. The highest BCUT2D eigenvalue weighted by molar-refractivity contribution is 6.22. The first-order valence-corrected chi connectivity index (χ1v) is 10.4. The molecule has 166 valence electrons. The van der Waals surface area contributed by atoms with Crippen molar-refractivity contribution in [3.63, 3.8) is 0 Å². The predicted molar refractivity (Wildman–Crippen MR) is 122 cm³/mol. The average molecular weight is 436 g/mol. The minimum absolute atomic E-state index is 0.0804. The quantitative estimate of drug-likeness (QED) is 0.407. The summed E-state index contributed by atoms with van der Waals surface area (Å²) in [4.78, 5) is 25.3. The molecule has 4 aromatic rings. The third kappa shape index (κ3) is 3.33. The van der Waals surface area contributed by atoms with Gasteiger partial charge in [0.05, 0.1) is 13.2 Å². The topological polar surface area (TPSA) is 131 Å². The van der Waals surface area contributed by atoms with Crippen LogP contribution in [0.4, 0.5) is 11.8 Å². The summed E-state index contributed by atoms with van der Waals surface area (Å²) in [5.41, 5.74) is 15.4. The Morgan fingerprint density at radius 1 is 0.875 bits per heavy atom. The number of hydrogen-bond acceptors (Lipinski definition) is 8. The maximum Gasteiger partial charge on any atom is 0.344 e. The van der Waals surface area contributed by atoms with Crippen LogP contribution in [0, 0.1) is 0 Å². The van der Waals surface area contributed by atoms with E-state index in [-0.39, 0.29) is 36.1 Å². The second-order valence-corrected chi connectivity index (χ2v) is 7.18. The minimum atomic E-state index is -0.611. The van der Waals surface area contributed by atoms with Crippen molar-refractivity contribution in [1.29, 1.82) is 0 Å². The Labute approximate surface area is 184 Å². The van der Waals surface area contributed by atoms with Gasteiger partial charge >= 0.3 is 11.9 Å². The highest BCUT2D eigenvalue weighted by Crippen LogP contribution is 2.45. The van der Waals surface area contributed by atoms with E-state index in [1.807, 2.05) is 24.3 Å². The van der Waals surface area contributed by atoms with Gasteiger partial charge in [-0.2, -0.15) is 0 Å². The van der Waals surface area contributed by atoms with E-state index >= 15 is 0 Å². The molecular weight excluding hydrogens is 412 g/mol. The van der Waals surface area contributed by atoms with Crippen molar-refractivity contribution in [3.8, 4) is 11.1 Å². The van der Waals surface area contributed by atoms with Gasteiger partial charge in [0.1, 0.15) is 22.3 Å². The number of carbonyl (C=O) groups is 2. The lowest BCUT2D eigenvalue weighted by molar-refractivity contribution is 0.0519. The van der Waals surface area contributed by atoms with Crippen LogP contribution < -0.4 is 11.5 Å². The molecule has 2 aromatic heterocycles. The van der Waals surface area contributed by atoms with Crippen LogP contribution in [0.3, 0.4) is 0 Å². The van der Waals surface area contributed by atoms with Crippen molar-refractivity contribution in [2.45, 2.75) is 27.2 Å². The standard InChI is InChI=1S/C24H24N2O6/c1-4-12-7-9-13(10-8-12)16-18-15(31-22(26)19(18)24(28)30-6-3)11-14-17(23(27)29-5-2)21(25)32-20(14)16/h7-11H,4-6,25-26H2,1-3H3. The number of aryl methyl sites for hydroxylation is 1. The van der Waals surface area contributed by atoms with Crippen LogP contribution in [0.15, 0.2) is 39.2 Å². The molecule has 0 aliphatic rings. The molecule has 2 aromatic carbocycles. The van der Waals surface area contributed by atoms with Crippen molar-refractivity contribution in [2.24, 2.45) is 0 Å². The highest BCUT2D eigenvalue weighted by atomic mass is 16.5. The molecule has 0 saturated carbocycles. The van der Waals surface area contributed by atoms with E-state index in [9.17, 15) is 9.59 Å². The van der Waals surface area contributed by atoms with Crippen LogP contribution in [0.25, 0.3) is 33.1 Å². The van der Waals surface area contributed by atoms with E-state index in [1.165, 1.54) is 0 Å². The maximum atomic E-state index is 12.7. The first-order chi connectivity index (χ1) is 15.4. The molecule has 0 amide bonds. The van der Waals surface area contributed by atoms with Crippen LogP contribution in [0.2, 0.25) is 0 Å². The second-order valence-electron chi connectivity index (χ2n) is 7.18. The fourth-order valence-corrected chi connectivity index (χ4v) is 3.85. The van der Waals surface area contributed by atoms with Gasteiger partial charge < -0.3 is 29.8 Å². The summed E-state index contributed by atoms with van der Waals surface area (Å²) in [6.45, 7) is 5.82. The number of anilines is 2. The zero-order valence-corrected chi connectivity index (χ0v) is 18.1. The number of carbonyl (C=O) groups excluding carboxylic acids is 2. The lowest BCUT2D eigenvalue weighted by Gasteiger charge is -2.08. The Bertz CT molecular complexity index is 1330. The third-order valence-corrected chi connectivity index (χ3v) is 5.30. The number of ether oxygens (including phenoxy) is 2. The van der Waals surface area contributed by atoms with E-state index in [0.29, 0.717) is 27.5 Å². The molecule has 0 radical (unpaired) electrons. The lowest BCUT2D eigenvalue weighted by Crippen LogP contribution is -2.07. The molecule has 0 fully saturated rings. The van der Waals surface area contributed by atoms with Gasteiger partial charge in [0.15, 0.2) is 0 Å². The van der Waals surface area contributed by atoms with Gasteiger partial charge in [-0.1, -0.05) is 31.2 Å². The molecule has 0 bridgehead atoms. The smallest absolute Gasteiger partial charge is 0.344 e. The summed E-state index contributed by atoms with van der Waals surface area (Å²) >= 11 is 0. The Morgan fingerprint density at radius 2 is 1.47 bits per heavy atom. The fraction of sp³-hybridized carbons (Fsp3) is 0.250. The number of furan rings is 2. The zero-order chi connectivity index (χ0) is 23.0. The zero-order valence-electron chi connectivity index (χ0n) is 18.1. The molecule has 8 heteroatoms. The summed E-state index contributed by atoms with van der Waals surface area (Å²) in [5, 5.41) is 0.842. The number of nitrogen functional groups attached to an aromatic ring is 2. The van der Waals surface area contributed by atoms with Gasteiger partial charge in [0.2, 0.25) is 11.8 Å². The molecule has 0 saturated heterocycles. The summed E-state index contributed by atoms with van der Waals surface area (Å²) < 4.78 is 22.0. The van der Waals surface area contributed by atoms with Crippen LogP contribution in [-0.2, 0) is 15.9 Å². The molecule has 4 N–H and O–H groups in total. The van der Waals surface area contributed by atoms with Gasteiger partial charge in [-0.3, -0.25) is 0 Å². The molecular formula is C24H24N2O6. The largest absolute Gasteiger partial charge is 0.462 e. The summed E-state index contributed by atoms with van der Waals surface area (Å²) in [6.07, 6.45) is 0.868. The van der Waals surface area contributed by atoms with Crippen LogP contribution in [0.1, 0.15) is 47.1 Å². The van der Waals surface area contributed by atoms with E-state index in [2.05, 4.69) is 6.92 Å². The van der Waals surface area contributed by atoms with Crippen molar-refractivity contribution in [2.75, 3.05) is 24.7 Å². The number of fused-ring (bicyclic) bond motifs is 2. The fourth-order valence-electron chi connectivity index (χ4n) is 3.85. The summed E-state index contributed by atoms with van der Waals surface area (Å²) in [6, 6.07) is 9.36. The summed E-state index contributed by atoms with van der Waals surface area (Å²) in [7, 11) is 0. The number of hydrogen-bond donors (Lipinski definition) is 2. The number of esters is 2. The molecule has 0 spiro atoms. The third-order valence-electron chi connectivity index (χ3n) is 5.30. The normalized spacial score (nSPS) is 11.2. The van der Waals surface area contributed by atoms with Crippen molar-refractivity contribution in [1.82, 2.24) is 0 Å². The first-order valence-electron chi connectivity index (χ1n) is 10.4. The Kier molecular flexibility index (Phi) is 5.52. The summed E-state index contributed by atoms with van der Waals surface area (Å²) in [5.74, 6) is -1.38. The molecule has 32 heavy (non-hydrogen) atoms. The lowest BCUT2D eigenvalue weighted by atomic mass is 9.95. The number of benzene rings is 2. The molecule has 4 rings (SSSR count). The van der Waals surface area contributed by atoms with Crippen molar-refractivity contribution in [3.05, 3.63) is 47.0 Å².